The molecule has 0 N–H and O–H groups in total. The lowest BCUT2D eigenvalue weighted by Gasteiger charge is -2.32. The number of quaternary nitrogens is 1. The van der Waals surface area contributed by atoms with E-state index in [9.17, 15) is 4.79 Å². The molecule has 2 unspecified atom stereocenters. The van der Waals surface area contributed by atoms with Crippen LogP contribution in [0.1, 0.15) is 103 Å². The highest BCUT2D eigenvalue weighted by atomic mass is 16.6. The summed E-state index contributed by atoms with van der Waals surface area (Å²) in [6.07, 6.45) is 16.0. The van der Waals surface area contributed by atoms with E-state index >= 15 is 0 Å². The van der Waals surface area contributed by atoms with Crippen molar-refractivity contribution in [2.45, 2.75) is 110 Å². The molecular weight excluding hydrogens is 482 g/mol. The molecule has 2 aromatic rings. The highest BCUT2D eigenvalue weighted by Gasteiger charge is 2.26. The van der Waals surface area contributed by atoms with Crippen LogP contribution in [0.5, 0.6) is 5.75 Å². The van der Waals surface area contributed by atoms with E-state index in [0.29, 0.717) is 0 Å². The molecule has 0 aliphatic carbocycles. The third-order valence-electron chi connectivity index (χ3n) is 7.41. The summed E-state index contributed by atoms with van der Waals surface area (Å²) in [5.41, 5.74) is 2.64. The second kappa shape index (κ2) is 18.9. The van der Waals surface area contributed by atoms with Crippen molar-refractivity contribution < 1.29 is 18.8 Å². The zero-order valence-electron chi connectivity index (χ0n) is 25.6. The lowest BCUT2D eigenvalue weighted by molar-refractivity contribution is -0.905. The molecule has 0 amide bonds. The number of carbonyl (C=O) groups excluding carboxylic acids is 1. The van der Waals surface area contributed by atoms with Gasteiger partial charge in [-0.2, -0.15) is 0 Å². The zero-order valence-corrected chi connectivity index (χ0v) is 25.6. The Morgan fingerprint density at radius 2 is 1.31 bits per heavy atom. The van der Waals surface area contributed by atoms with Gasteiger partial charge in [0.25, 0.3) is 0 Å². The van der Waals surface area contributed by atoms with Crippen LogP contribution < -0.4 is 4.74 Å². The molecule has 0 saturated heterocycles. The fourth-order valence-corrected chi connectivity index (χ4v) is 5.29. The molecule has 2 aromatic carbocycles. The van der Waals surface area contributed by atoms with E-state index in [1.165, 1.54) is 81.8 Å². The minimum absolute atomic E-state index is 0.160. The van der Waals surface area contributed by atoms with Gasteiger partial charge >= 0.3 is 5.97 Å². The van der Waals surface area contributed by atoms with Gasteiger partial charge in [-0.1, -0.05) is 114 Å². The Labute approximate surface area is 239 Å². The second-order valence-corrected chi connectivity index (χ2v) is 12.2. The number of unbranched alkanes of at least 4 members (excludes halogenated alkanes) is 10. The van der Waals surface area contributed by atoms with Crippen molar-refractivity contribution in [2.75, 3.05) is 27.2 Å². The van der Waals surface area contributed by atoms with Crippen LogP contribution in [-0.4, -0.2) is 43.8 Å². The molecule has 0 spiro atoms. The average Bonchev–Trinajstić information content (AvgIpc) is 2.91. The summed E-state index contributed by atoms with van der Waals surface area (Å²) in [6, 6.07) is 18.8. The van der Waals surface area contributed by atoms with Gasteiger partial charge in [0.2, 0.25) is 0 Å². The van der Waals surface area contributed by atoms with Gasteiger partial charge in [-0.05, 0) is 44.4 Å². The van der Waals surface area contributed by atoms with Crippen LogP contribution in [0.15, 0.2) is 54.6 Å². The fraction of sp³-hybridized carbons (Fsp3) is 0.629. The molecule has 0 bridgehead atoms. The van der Waals surface area contributed by atoms with Crippen molar-refractivity contribution in [3.63, 3.8) is 0 Å². The third kappa shape index (κ3) is 15.1. The molecule has 2 atom stereocenters. The van der Waals surface area contributed by atoms with E-state index in [-0.39, 0.29) is 24.6 Å². The lowest BCUT2D eigenvalue weighted by atomic mass is 10.0. The first kappa shape index (κ1) is 32.9. The van der Waals surface area contributed by atoms with Gasteiger partial charge in [-0.3, -0.25) is 4.79 Å². The number of aryl methyl sites for hydroxylation is 1. The number of hydrogen-bond acceptors (Lipinski definition) is 3. The summed E-state index contributed by atoms with van der Waals surface area (Å²) in [5, 5.41) is 0. The van der Waals surface area contributed by atoms with Crippen LogP contribution in [0.2, 0.25) is 0 Å². The number of benzene rings is 2. The number of ether oxygens (including phenoxy) is 2. The molecule has 0 aliphatic heterocycles. The Morgan fingerprint density at radius 1 is 0.744 bits per heavy atom. The Kier molecular flexibility index (Phi) is 15.9. The molecule has 0 heterocycles. The van der Waals surface area contributed by atoms with E-state index in [2.05, 4.69) is 57.4 Å². The van der Waals surface area contributed by atoms with Crippen LogP contribution in [0.4, 0.5) is 0 Å². The number of nitrogens with zero attached hydrogens (tertiary/aromatic N) is 1. The van der Waals surface area contributed by atoms with Gasteiger partial charge in [0, 0.05) is 5.56 Å². The van der Waals surface area contributed by atoms with Gasteiger partial charge in [0.15, 0.2) is 0 Å². The Bertz CT molecular complexity index is 894. The predicted molar refractivity (Wildman–Crippen MR) is 164 cm³/mol. The average molecular weight is 539 g/mol. The summed E-state index contributed by atoms with van der Waals surface area (Å²) >= 11 is 0. The Balaban J connectivity index is 1.58. The molecular formula is C35H56NO3+. The normalized spacial score (nSPS) is 13.2. The van der Waals surface area contributed by atoms with Crippen LogP contribution in [0.3, 0.4) is 0 Å². The van der Waals surface area contributed by atoms with Crippen molar-refractivity contribution in [1.29, 1.82) is 0 Å². The molecule has 2 rings (SSSR count). The van der Waals surface area contributed by atoms with E-state index in [0.717, 1.165) is 29.7 Å². The van der Waals surface area contributed by atoms with Gasteiger partial charge in [0.05, 0.1) is 20.6 Å². The summed E-state index contributed by atoms with van der Waals surface area (Å²) < 4.78 is 12.3. The summed E-state index contributed by atoms with van der Waals surface area (Å²) in [5.74, 6) is 0.493. The second-order valence-electron chi connectivity index (χ2n) is 12.2. The summed E-state index contributed by atoms with van der Waals surface area (Å²) in [7, 11) is 4.31. The van der Waals surface area contributed by atoms with Crippen LogP contribution in [0, 0.1) is 5.92 Å². The maximum atomic E-state index is 12.6. The van der Waals surface area contributed by atoms with Crippen molar-refractivity contribution >= 4 is 5.97 Å². The molecule has 218 valence electrons. The van der Waals surface area contributed by atoms with Crippen LogP contribution >= 0.6 is 0 Å². The molecule has 0 fully saturated rings. The van der Waals surface area contributed by atoms with E-state index in [1.807, 2.05) is 32.0 Å². The van der Waals surface area contributed by atoms with E-state index in [1.54, 1.807) is 0 Å². The maximum Gasteiger partial charge on any atom is 0.314 e. The molecule has 4 nitrogen and oxygen atoms in total. The first-order valence-electron chi connectivity index (χ1n) is 15.6. The Morgan fingerprint density at radius 3 is 1.90 bits per heavy atom. The van der Waals surface area contributed by atoms with Gasteiger partial charge in [0.1, 0.15) is 30.9 Å². The van der Waals surface area contributed by atoms with E-state index in [4.69, 9.17) is 9.47 Å². The SMILES string of the molecule is CCCCCCCCCCCCCc1ccc(OC(C)COC(=O)C(C)C[N+](C)(C)Cc2ccccc2)cc1. The van der Waals surface area contributed by atoms with Crippen molar-refractivity contribution in [3.8, 4) is 5.75 Å². The van der Waals surface area contributed by atoms with Crippen LogP contribution in [0.25, 0.3) is 0 Å². The Hall–Kier alpha value is -2.33. The molecule has 0 aliphatic rings. The summed E-state index contributed by atoms with van der Waals surface area (Å²) in [6.45, 7) is 8.05. The van der Waals surface area contributed by atoms with Crippen LogP contribution in [-0.2, 0) is 22.5 Å². The van der Waals surface area contributed by atoms with Gasteiger partial charge < -0.3 is 14.0 Å². The van der Waals surface area contributed by atoms with Crippen molar-refractivity contribution in [1.82, 2.24) is 0 Å². The fourth-order valence-electron chi connectivity index (χ4n) is 5.29. The van der Waals surface area contributed by atoms with Gasteiger partial charge in [-0.15, -0.1) is 0 Å². The molecule has 39 heavy (non-hydrogen) atoms. The molecule has 0 radical (unpaired) electrons. The molecule has 0 saturated carbocycles. The predicted octanol–water partition coefficient (Wildman–Crippen LogP) is 8.76. The first-order chi connectivity index (χ1) is 18.8. The minimum Gasteiger partial charge on any atom is -0.487 e. The number of carbonyl (C=O) groups is 1. The number of esters is 1. The van der Waals surface area contributed by atoms with E-state index < -0.39 is 0 Å². The zero-order chi connectivity index (χ0) is 28.3. The van der Waals surface area contributed by atoms with Crippen molar-refractivity contribution in [2.24, 2.45) is 5.92 Å². The quantitative estimate of drug-likeness (QED) is 0.0905. The topological polar surface area (TPSA) is 35.5 Å². The third-order valence-corrected chi connectivity index (χ3v) is 7.41. The van der Waals surface area contributed by atoms with Crippen molar-refractivity contribution in [3.05, 3.63) is 65.7 Å². The largest absolute Gasteiger partial charge is 0.487 e. The first-order valence-corrected chi connectivity index (χ1v) is 15.6. The number of rotatable bonds is 21. The molecule has 4 heteroatoms. The maximum absolute atomic E-state index is 12.6. The lowest BCUT2D eigenvalue weighted by Crippen LogP contribution is -2.44. The molecule has 0 aromatic heterocycles. The minimum atomic E-state index is -0.189. The summed E-state index contributed by atoms with van der Waals surface area (Å²) in [4.78, 5) is 12.6. The standard InChI is InChI=1S/C35H56NO3/c1-6-7-8-9-10-11-12-13-14-15-17-20-32-23-25-34(26-24-32)39-31(3)29-38-35(37)30(2)27-36(4,5)28-33-21-18-16-19-22-33/h16,18-19,21-26,30-31H,6-15,17,20,27-29H2,1-5H3/q+1. The monoisotopic (exact) mass is 538 g/mol. The smallest absolute Gasteiger partial charge is 0.314 e. The number of hydrogen-bond donors (Lipinski definition) is 0. The highest BCUT2D eigenvalue weighted by molar-refractivity contribution is 5.72. The highest BCUT2D eigenvalue weighted by Crippen LogP contribution is 2.18. The van der Waals surface area contributed by atoms with Gasteiger partial charge in [-0.25, -0.2) is 0 Å².